The summed E-state index contributed by atoms with van der Waals surface area (Å²) in [7, 11) is 0. The molecule has 144 valence electrons. The summed E-state index contributed by atoms with van der Waals surface area (Å²) in [5.74, 6) is -0.940. The monoisotopic (exact) mass is 368 g/mol. The van der Waals surface area contributed by atoms with Gasteiger partial charge in [-0.05, 0) is 25.0 Å². The Labute approximate surface area is 159 Å². The van der Waals surface area contributed by atoms with Crippen LogP contribution >= 0.6 is 0 Å². The van der Waals surface area contributed by atoms with Gasteiger partial charge in [-0.25, -0.2) is 5.16 Å². The lowest BCUT2D eigenvalue weighted by atomic mass is 9.90. The molecule has 5 nitrogen and oxygen atoms in total. The minimum atomic E-state index is -0.492. The smallest absolute Gasteiger partial charge is 0.237 e. The Bertz CT molecular complexity index is 890. The normalized spacial score (nSPS) is 14.1. The zero-order valence-electron chi connectivity index (χ0n) is 16.1. The topological polar surface area (TPSA) is 76.0 Å². The van der Waals surface area contributed by atoms with E-state index in [1.54, 1.807) is 24.4 Å². The zero-order chi connectivity index (χ0) is 19.1. The highest BCUT2D eigenvalue weighted by Crippen LogP contribution is 2.19. The number of H-pyrrole nitrogens is 1. The third-order valence-corrected chi connectivity index (χ3v) is 5.17. The summed E-state index contributed by atoms with van der Waals surface area (Å²) in [4.78, 5) is 29.4. The van der Waals surface area contributed by atoms with Crippen molar-refractivity contribution in [3.63, 3.8) is 0 Å². The minimum absolute atomic E-state index is 0.317. The van der Waals surface area contributed by atoms with E-state index in [1.807, 2.05) is 0 Å². The number of carbonyl (C=O) groups excluding carboxylic acids is 2. The number of unbranched alkanes of at least 4 members (excludes halogenated alkanes) is 8. The van der Waals surface area contributed by atoms with E-state index in [2.05, 4.69) is 17.1 Å². The standard InChI is InChI=1S/C22H28N2O3/c1-2-3-4-5-6-7-8-9-10-13-16-20(25)21(26)18(19-22(16)27-24-19)17-14-11-12-15-23-17/h11-12,14-15,24H,2-10,13H2,1H3. The van der Waals surface area contributed by atoms with Crippen LogP contribution in [-0.4, -0.2) is 21.7 Å². The van der Waals surface area contributed by atoms with Crippen molar-refractivity contribution < 1.29 is 14.1 Å². The van der Waals surface area contributed by atoms with E-state index in [0.29, 0.717) is 34.0 Å². The van der Waals surface area contributed by atoms with Crippen molar-refractivity contribution in [1.82, 2.24) is 10.1 Å². The molecule has 0 aliphatic heterocycles. The molecule has 27 heavy (non-hydrogen) atoms. The summed E-state index contributed by atoms with van der Waals surface area (Å²) in [5.41, 5.74) is 1.86. The summed E-state index contributed by atoms with van der Waals surface area (Å²) in [5, 5.41) is 3.32. The number of rotatable bonds is 11. The Balaban J connectivity index is 1.60. The fourth-order valence-corrected chi connectivity index (χ4v) is 3.59. The highest BCUT2D eigenvalue weighted by molar-refractivity contribution is 6.64. The first kappa shape index (κ1) is 19.3. The summed E-state index contributed by atoms with van der Waals surface area (Å²) in [6.07, 6.45) is 13.2. The van der Waals surface area contributed by atoms with Crippen LogP contribution in [0.2, 0.25) is 0 Å². The molecule has 2 aromatic heterocycles. The van der Waals surface area contributed by atoms with Gasteiger partial charge in [0, 0.05) is 6.20 Å². The van der Waals surface area contributed by atoms with Crippen LogP contribution in [0.1, 0.15) is 76.8 Å². The molecule has 0 fully saturated rings. The molecule has 0 aromatic carbocycles. The average molecular weight is 368 g/mol. The van der Waals surface area contributed by atoms with Crippen molar-refractivity contribution in [2.24, 2.45) is 0 Å². The molecular formula is C22H28N2O3. The molecule has 0 saturated heterocycles. The Kier molecular flexibility index (Phi) is 6.80. The molecule has 1 aliphatic rings. The van der Waals surface area contributed by atoms with Crippen molar-refractivity contribution in [2.45, 2.75) is 71.1 Å². The maximum atomic E-state index is 12.6. The van der Waals surface area contributed by atoms with Crippen LogP contribution in [0.4, 0.5) is 0 Å². The number of pyridine rings is 1. The van der Waals surface area contributed by atoms with Crippen molar-refractivity contribution in [1.29, 1.82) is 0 Å². The molecule has 0 bridgehead atoms. The summed E-state index contributed by atoms with van der Waals surface area (Å²) in [6.45, 7) is 2.23. The van der Waals surface area contributed by atoms with Crippen LogP contribution in [0.25, 0.3) is 11.1 Å². The second-order valence-electron chi connectivity index (χ2n) is 7.21. The van der Waals surface area contributed by atoms with Crippen LogP contribution in [0.15, 0.2) is 28.9 Å². The molecule has 0 atom stereocenters. The molecule has 1 N–H and O–H groups in total. The Morgan fingerprint density at radius 3 is 2.22 bits per heavy atom. The predicted octanol–water partition coefficient (Wildman–Crippen LogP) is 3.43. The number of aromatic nitrogens is 2. The quantitative estimate of drug-likeness (QED) is 0.487. The van der Waals surface area contributed by atoms with E-state index >= 15 is 0 Å². The van der Waals surface area contributed by atoms with Gasteiger partial charge in [0.15, 0.2) is 5.42 Å². The maximum Gasteiger partial charge on any atom is 0.237 e. The van der Waals surface area contributed by atoms with Gasteiger partial charge in [-0.15, -0.1) is 0 Å². The first-order valence-corrected chi connectivity index (χ1v) is 10.1. The molecule has 0 unspecified atom stereocenters. The number of ketones is 2. The lowest BCUT2D eigenvalue weighted by molar-refractivity contribution is -0.130. The van der Waals surface area contributed by atoms with Gasteiger partial charge >= 0.3 is 0 Å². The van der Waals surface area contributed by atoms with Gasteiger partial charge in [0.05, 0.1) is 16.8 Å². The maximum absolute atomic E-state index is 12.6. The summed E-state index contributed by atoms with van der Waals surface area (Å²) >= 11 is 0. The van der Waals surface area contributed by atoms with Crippen LogP contribution in [0.3, 0.4) is 0 Å². The van der Waals surface area contributed by atoms with Crippen LogP contribution < -0.4 is 10.8 Å². The minimum Gasteiger partial charge on any atom is -0.379 e. The third kappa shape index (κ3) is 4.46. The van der Waals surface area contributed by atoms with E-state index in [0.717, 1.165) is 12.8 Å². The number of hydrogen-bond donors (Lipinski definition) is 1. The van der Waals surface area contributed by atoms with Gasteiger partial charge in [0.25, 0.3) is 0 Å². The van der Waals surface area contributed by atoms with Crippen molar-refractivity contribution >= 4 is 22.7 Å². The molecule has 0 spiro atoms. The molecule has 0 radical (unpaired) electrons. The van der Waals surface area contributed by atoms with E-state index in [9.17, 15) is 9.59 Å². The molecule has 2 aromatic rings. The lowest BCUT2D eigenvalue weighted by Gasteiger charge is -2.15. The van der Waals surface area contributed by atoms with E-state index < -0.39 is 11.6 Å². The first-order valence-electron chi connectivity index (χ1n) is 10.1. The van der Waals surface area contributed by atoms with E-state index in [-0.39, 0.29) is 0 Å². The van der Waals surface area contributed by atoms with Crippen molar-refractivity contribution in [3.8, 4) is 0 Å². The van der Waals surface area contributed by atoms with Gasteiger partial charge < -0.3 is 4.52 Å². The average Bonchev–Trinajstić information content (AvgIpc) is 2.67. The highest BCUT2D eigenvalue weighted by atomic mass is 16.5. The van der Waals surface area contributed by atoms with Gasteiger partial charge in [-0.1, -0.05) is 64.4 Å². The first-order chi connectivity index (χ1) is 13.2. The predicted molar refractivity (Wildman–Crippen MR) is 104 cm³/mol. The second-order valence-corrected chi connectivity index (χ2v) is 7.21. The molecule has 5 heteroatoms. The number of Topliss-reactive ketones (excluding diaryl/α,β-unsaturated/α-hetero) is 2. The third-order valence-electron chi connectivity index (χ3n) is 5.17. The van der Waals surface area contributed by atoms with Crippen molar-refractivity contribution in [2.75, 3.05) is 0 Å². The van der Waals surface area contributed by atoms with Crippen LogP contribution in [0.5, 0.6) is 0 Å². The highest BCUT2D eigenvalue weighted by Gasteiger charge is 2.32. The molecular weight excluding hydrogens is 340 g/mol. The Morgan fingerprint density at radius 2 is 1.63 bits per heavy atom. The number of nitrogens with zero attached hydrogens (tertiary/aromatic N) is 1. The number of carbonyl (C=O) groups is 2. The molecule has 0 saturated carbocycles. The fraction of sp³-hybridized carbons (Fsp3) is 0.500. The van der Waals surface area contributed by atoms with E-state index in [4.69, 9.17) is 4.52 Å². The van der Waals surface area contributed by atoms with Gasteiger partial charge in [-0.2, -0.15) is 0 Å². The number of aromatic amines is 1. The fourth-order valence-electron chi connectivity index (χ4n) is 3.59. The van der Waals surface area contributed by atoms with E-state index in [1.165, 1.54) is 44.9 Å². The van der Waals surface area contributed by atoms with Crippen LogP contribution in [0, 0.1) is 0 Å². The zero-order valence-corrected chi connectivity index (χ0v) is 16.1. The molecule has 1 aliphatic carbocycles. The summed E-state index contributed by atoms with van der Waals surface area (Å²) in [6, 6.07) is 5.31. The SMILES string of the molecule is CCCCCCCCCCCC1=c2o[nH]c2=C(c2ccccn2)C(=O)C1=O. The number of nitrogens with one attached hydrogen (secondary N) is 1. The lowest BCUT2D eigenvalue weighted by Crippen LogP contribution is -2.47. The van der Waals surface area contributed by atoms with Crippen LogP contribution in [-0.2, 0) is 9.59 Å². The van der Waals surface area contributed by atoms with Gasteiger partial charge in [0.1, 0.15) is 5.35 Å². The van der Waals surface area contributed by atoms with Gasteiger partial charge in [-0.3, -0.25) is 14.6 Å². The Morgan fingerprint density at radius 1 is 0.926 bits per heavy atom. The number of fused-ring (bicyclic) bond motifs is 1. The van der Waals surface area contributed by atoms with Gasteiger partial charge in [0.2, 0.25) is 11.6 Å². The Hall–Kier alpha value is -2.43. The van der Waals surface area contributed by atoms with Crippen molar-refractivity contribution in [3.05, 3.63) is 40.9 Å². The second kappa shape index (κ2) is 9.49. The molecule has 3 rings (SSSR count). The summed E-state index contributed by atoms with van der Waals surface area (Å²) < 4.78 is 5.32. The largest absolute Gasteiger partial charge is 0.379 e. The molecule has 0 amide bonds. The number of hydrogen-bond acceptors (Lipinski definition) is 4. The molecule has 2 heterocycles.